The minimum absolute atomic E-state index is 0.0128. The Hall–Kier alpha value is -2.22. The molecular weight excluding hydrogens is 372 g/mol. The summed E-state index contributed by atoms with van der Waals surface area (Å²) >= 11 is 0. The van der Waals surface area contributed by atoms with Crippen LogP contribution >= 0.6 is 0 Å². The zero-order chi connectivity index (χ0) is 20.6. The summed E-state index contributed by atoms with van der Waals surface area (Å²) in [7, 11) is 0. The highest BCUT2D eigenvalue weighted by molar-refractivity contribution is 5.87. The van der Waals surface area contributed by atoms with E-state index in [0.717, 1.165) is 44.8 Å². The van der Waals surface area contributed by atoms with Gasteiger partial charge in [-0.05, 0) is 37.0 Å². The van der Waals surface area contributed by atoms with Crippen LogP contribution in [-0.2, 0) is 16.0 Å². The molecule has 0 saturated carbocycles. The summed E-state index contributed by atoms with van der Waals surface area (Å²) in [6.45, 7) is 4.76. The van der Waals surface area contributed by atoms with Gasteiger partial charge in [-0.1, -0.05) is 24.3 Å². The number of rotatable bonds is 9. The number of amides is 1. The molecule has 0 spiro atoms. The van der Waals surface area contributed by atoms with Gasteiger partial charge in [-0.15, -0.1) is 0 Å². The third-order valence-electron chi connectivity index (χ3n) is 5.62. The Kier molecular flexibility index (Phi) is 7.80. The molecule has 1 aromatic carbocycles. The maximum absolute atomic E-state index is 12.3. The quantitative estimate of drug-likeness (QED) is 0.609. The number of hydrogen-bond donors (Lipinski definition) is 2. The third-order valence-corrected chi connectivity index (χ3v) is 5.62. The number of likely N-dealkylation sites (tertiary alicyclic amines) is 1. The fraction of sp³-hybridized carbons (Fsp3) is 0.545. The van der Waals surface area contributed by atoms with Crippen LogP contribution in [0.15, 0.2) is 36.4 Å². The molecule has 2 aliphatic rings. The summed E-state index contributed by atoms with van der Waals surface area (Å²) in [6.07, 6.45) is 5.91. The van der Waals surface area contributed by atoms with Crippen molar-refractivity contribution < 1.29 is 24.5 Å². The molecule has 0 aromatic heterocycles. The van der Waals surface area contributed by atoms with Gasteiger partial charge in [-0.2, -0.15) is 0 Å². The van der Waals surface area contributed by atoms with Crippen LogP contribution in [0.5, 0.6) is 0 Å². The van der Waals surface area contributed by atoms with E-state index < -0.39 is 12.1 Å². The first-order valence-corrected chi connectivity index (χ1v) is 10.3. The Balaban J connectivity index is 1.47. The smallest absolute Gasteiger partial charge is 0.335 e. The molecule has 7 nitrogen and oxygen atoms in total. The van der Waals surface area contributed by atoms with Crippen LogP contribution in [0.25, 0.3) is 0 Å². The van der Waals surface area contributed by atoms with Gasteiger partial charge in [0.15, 0.2) is 0 Å². The number of carboxylic acids is 1. The van der Waals surface area contributed by atoms with Gasteiger partial charge in [0, 0.05) is 32.6 Å². The van der Waals surface area contributed by atoms with Crippen molar-refractivity contribution in [1.29, 1.82) is 0 Å². The standard InChI is InChI=1S/C22H30N2O5/c25-20(10-11-23-13-15-29-16-14-23)7-5-19-6-8-21(26)24(19)12-9-17-1-3-18(4-2-17)22(27)28/h1-5,7,19-20,25H,6,8-16H2,(H,27,28)/t19-,20?/m0/s1. The second-order valence-electron chi connectivity index (χ2n) is 7.64. The van der Waals surface area contributed by atoms with Crippen molar-refractivity contribution in [1.82, 2.24) is 9.80 Å². The molecule has 1 amide bonds. The SMILES string of the molecule is O=C(O)c1ccc(CCN2C(=O)CC[C@@H]2C=CC(O)CCN2CCOCC2)cc1. The predicted molar refractivity (Wildman–Crippen MR) is 109 cm³/mol. The molecule has 158 valence electrons. The molecule has 1 aromatic rings. The molecule has 3 rings (SSSR count). The number of carbonyl (C=O) groups is 2. The number of hydrogen-bond acceptors (Lipinski definition) is 5. The topological polar surface area (TPSA) is 90.3 Å². The highest BCUT2D eigenvalue weighted by Gasteiger charge is 2.28. The first-order valence-electron chi connectivity index (χ1n) is 10.3. The van der Waals surface area contributed by atoms with Gasteiger partial charge in [0.2, 0.25) is 5.91 Å². The van der Waals surface area contributed by atoms with Crippen LogP contribution < -0.4 is 0 Å². The lowest BCUT2D eigenvalue weighted by atomic mass is 10.1. The van der Waals surface area contributed by atoms with Crippen molar-refractivity contribution >= 4 is 11.9 Å². The largest absolute Gasteiger partial charge is 0.478 e. The monoisotopic (exact) mass is 402 g/mol. The Morgan fingerprint density at radius 1 is 1.21 bits per heavy atom. The van der Waals surface area contributed by atoms with E-state index in [9.17, 15) is 14.7 Å². The summed E-state index contributed by atoms with van der Waals surface area (Å²) in [5.74, 6) is -0.812. The van der Waals surface area contributed by atoms with Crippen LogP contribution in [0, 0.1) is 0 Å². The Bertz CT molecular complexity index is 712. The average molecular weight is 402 g/mol. The Morgan fingerprint density at radius 2 is 1.93 bits per heavy atom. The summed E-state index contributed by atoms with van der Waals surface area (Å²) in [6, 6.07) is 6.78. The fourth-order valence-corrected chi connectivity index (χ4v) is 3.80. The van der Waals surface area contributed by atoms with Crippen molar-refractivity contribution in [3.63, 3.8) is 0 Å². The van der Waals surface area contributed by atoms with E-state index in [1.54, 1.807) is 24.3 Å². The van der Waals surface area contributed by atoms with Crippen molar-refractivity contribution in [2.45, 2.75) is 37.8 Å². The molecule has 2 atom stereocenters. The number of aromatic carboxylic acids is 1. The molecule has 2 N–H and O–H groups in total. The lowest BCUT2D eigenvalue weighted by Crippen LogP contribution is -2.37. The number of carboxylic acid groups (broad SMARTS) is 1. The second-order valence-corrected chi connectivity index (χ2v) is 7.64. The van der Waals surface area contributed by atoms with E-state index in [4.69, 9.17) is 9.84 Å². The van der Waals surface area contributed by atoms with Gasteiger partial charge in [0.05, 0.1) is 30.9 Å². The molecule has 2 fully saturated rings. The minimum atomic E-state index is -0.941. The zero-order valence-electron chi connectivity index (χ0n) is 16.7. The van der Waals surface area contributed by atoms with Crippen molar-refractivity contribution in [3.05, 3.63) is 47.5 Å². The average Bonchev–Trinajstić information content (AvgIpc) is 3.09. The lowest BCUT2D eigenvalue weighted by molar-refractivity contribution is -0.128. The number of aliphatic hydroxyl groups excluding tert-OH is 1. The van der Waals surface area contributed by atoms with Gasteiger partial charge >= 0.3 is 5.97 Å². The molecule has 29 heavy (non-hydrogen) atoms. The van der Waals surface area contributed by atoms with Crippen molar-refractivity contribution in [2.75, 3.05) is 39.4 Å². The number of morpholine rings is 1. The van der Waals surface area contributed by atoms with E-state index in [0.29, 0.717) is 25.8 Å². The molecule has 2 aliphatic heterocycles. The van der Waals surface area contributed by atoms with Crippen molar-refractivity contribution in [3.8, 4) is 0 Å². The predicted octanol–water partition coefficient (Wildman–Crippen LogP) is 1.56. The molecular formula is C22H30N2O5. The summed E-state index contributed by atoms with van der Waals surface area (Å²) in [4.78, 5) is 27.3. The number of aliphatic hydroxyl groups is 1. The lowest BCUT2D eigenvalue weighted by Gasteiger charge is -2.27. The van der Waals surface area contributed by atoms with Crippen LogP contribution in [0.2, 0.25) is 0 Å². The maximum Gasteiger partial charge on any atom is 0.335 e. The molecule has 0 radical (unpaired) electrons. The summed E-state index contributed by atoms with van der Waals surface area (Å²) in [5, 5.41) is 19.2. The van der Waals surface area contributed by atoms with E-state index in [2.05, 4.69) is 4.90 Å². The first kappa shape index (κ1) is 21.5. The van der Waals surface area contributed by atoms with Crippen LogP contribution in [0.3, 0.4) is 0 Å². The van der Waals surface area contributed by atoms with E-state index >= 15 is 0 Å². The van der Waals surface area contributed by atoms with Gasteiger partial charge in [0.25, 0.3) is 0 Å². The molecule has 0 bridgehead atoms. The molecule has 0 aliphatic carbocycles. The molecule has 7 heteroatoms. The van der Waals surface area contributed by atoms with Crippen molar-refractivity contribution in [2.24, 2.45) is 0 Å². The third kappa shape index (κ3) is 6.39. The summed E-state index contributed by atoms with van der Waals surface area (Å²) < 4.78 is 5.33. The number of ether oxygens (including phenoxy) is 1. The van der Waals surface area contributed by atoms with Gasteiger partial charge in [-0.25, -0.2) is 4.79 Å². The van der Waals surface area contributed by atoms with Gasteiger partial charge < -0.3 is 19.8 Å². The van der Waals surface area contributed by atoms with E-state index in [1.807, 2.05) is 17.1 Å². The Labute approximate surface area is 171 Å². The number of nitrogens with zero attached hydrogens (tertiary/aromatic N) is 2. The van der Waals surface area contributed by atoms with Crippen LogP contribution in [-0.4, -0.2) is 83.4 Å². The van der Waals surface area contributed by atoms with Gasteiger partial charge in [0.1, 0.15) is 0 Å². The molecule has 1 unspecified atom stereocenters. The normalized spacial score (nSPS) is 21.8. The molecule has 2 saturated heterocycles. The number of benzene rings is 1. The van der Waals surface area contributed by atoms with Gasteiger partial charge in [-0.3, -0.25) is 9.69 Å². The Morgan fingerprint density at radius 3 is 2.62 bits per heavy atom. The fourth-order valence-electron chi connectivity index (χ4n) is 3.80. The first-order chi connectivity index (χ1) is 14.0. The van der Waals surface area contributed by atoms with E-state index in [-0.39, 0.29) is 17.5 Å². The van der Waals surface area contributed by atoms with Crippen LogP contribution in [0.4, 0.5) is 0 Å². The van der Waals surface area contributed by atoms with E-state index in [1.165, 1.54) is 0 Å². The molecule has 2 heterocycles. The van der Waals surface area contributed by atoms with Crippen LogP contribution in [0.1, 0.15) is 35.2 Å². The maximum atomic E-state index is 12.3. The minimum Gasteiger partial charge on any atom is -0.478 e. The number of carbonyl (C=O) groups excluding carboxylic acids is 1. The highest BCUT2D eigenvalue weighted by Crippen LogP contribution is 2.21. The highest BCUT2D eigenvalue weighted by atomic mass is 16.5. The summed E-state index contributed by atoms with van der Waals surface area (Å²) in [5.41, 5.74) is 1.26. The second kappa shape index (κ2) is 10.5. The zero-order valence-corrected chi connectivity index (χ0v) is 16.7.